The van der Waals surface area contributed by atoms with E-state index in [1.165, 1.54) is 24.3 Å². The Hall–Kier alpha value is -5.16. The molecule has 2 unspecified atom stereocenters. The summed E-state index contributed by atoms with van der Waals surface area (Å²) in [5, 5.41) is 23.8. The number of aliphatic hydroxyl groups is 1. The molecule has 0 bridgehead atoms. The molecule has 0 spiro atoms. The first-order valence-corrected chi connectivity index (χ1v) is 13.1. The molecule has 0 saturated carbocycles. The van der Waals surface area contributed by atoms with Crippen molar-refractivity contribution in [1.29, 1.82) is 0 Å². The van der Waals surface area contributed by atoms with Crippen LogP contribution in [0.15, 0.2) is 103 Å². The Labute approximate surface area is 244 Å². The van der Waals surface area contributed by atoms with Crippen LogP contribution in [0, 0.1) is 0 Å². The molecule has 4 aromatic carbocycles. The summed E-state index contributed by atoms with van der Waals surface area (Å²) < 4.78 is 41.5. The summed E-state index contributed by atoms with van der Waals surface area (Å²) in [5.41, 5.74) is 3.76. The van der Waals surface area contributed by atoms with E-state index in [-0.39, 0.29) is 23.3 Å². The molecule has 4 N–H and O–H groups in total. The van der Waals surface area contributed by atoms with E-state index in [1.54, 1.807) is 12.1 Å². The highest BCUT2D eigenvalue weighted by Crippen LogP contribution is 2.29. The SMILES string of the molecule is O=C(CC(Nc1ccc(C(=O)NCC(O)C(=O)O)cc1)c1ccc(-c2ccccc2)cc1)c1ccc(OC(F)(F)F)cc1. The van der Waals surface area contributed by atoms with E-state index >= 15 is 0 Å². The van der Waals surface area contributed by atoms with E-state index in [2.05, 4.69) is 15.4 Å². The minimum absolute atomic E-state index is 0.0422. The van der Waals surface area contributed by atoms with Crippen molar-refractivity contribution < 1.29 is 42.5 Å². The molecule has 0 radical (unpaired) electrons. The maximum Gasteiger partial charge on any atom is 0.573 e. The lowest BCUT2D eigenvalue weighted by atomic mass is 9.95. The Morgan fingerprint density at radius 1 is 0.767 bits per heavy atom. The normalized spacial score (nSPS) is 12.6. The van der Waals surface area contributed by atoms with Crippen LogP contribution in [0.3, 0.4) is 0 Å². The van der Waals surface area contributed by atoms with Crippen molar-refractivity contribution in [3.63, 3.8) is 0 Å². The van der Waals surface area contributed by atoms with Crippen LogP contribution < -0.4 is 15.4 Å². The van der Waals surface area contributed by atoms with Crippen molar-refractivity contribution in [3.05, 3.63) is 120 Å². The number of benzene rings is 4. The number of anilines is 1. The van der Waals surface area contributed by atoms with E-state index in [0.29, 0.717) is 5.69 Å². The third kappa shape index (κ3) is 8.91. The van der Waals surface area contributed by atoms with Gasteiger partial charge in [0.05, 0.1) is 12.6 Å². The predicted molar refractivity (Wildman–Crippen MR) is 153 cm³/mol. The number of ether oxygens (including phenoxy) is 1. The average Bonchev–Trinajstić information content (AvgIpc) is 2.99. The van der Waals surface area contributed by atoms with Crippen molar-refractivity contribution in [3.8, 4) is 16.9 Å². The Kier molecular flexibility index (Phi) is 9.79. The number of halogens is 3. The van der Waals surface area contributed by atoms with Crippen molar-refractivity contribution in [2.24, 2.45) is 0 Å². The molecule has 0 fully saturated rings. The van der Waals surface area contributed by atoms with Crippen LogP contribution in [-0.4, -0.2) is 46.9 Å². The summed E-state index contributed by atoms with van der Waals surface area (Å²) >= 11 is 0. The molecule has 0 saturated heterocycles. The topological polar surface area (TPSA) is 125 Å². The Morgan fingerprint density at radius 3 is 1.93 bits per heavy atom. The van der Waals surface area contributed by atoms with Gasteiger partial charge >= 0.3 is 12.3 Å². The van der Waals surface area contributed by atoms with Gasteiger partial charge in [-0.1, -0.05) is 54.6 Å². The number of hydrogen-bond acceptors (Lipinski definition) is 6. The van der Waals surface area contributed by atoms with Crippen LogP contribution >= 0.6 is 0 Å². The second-order valence-electron chi connectivity index (χ2n) is 9.53. The quantitative estimate of drug-likeness (QED) is 0.152. The van der Waals surface area contributed by atoms with Crippen LogP contribution in [0.1, 0.15) is 38.7 Å². The summed E-state index contributed by atoms with van der Waals surface area (Å²) in [6.07, 6.45) is -6.62. The first kappa shape index (κ1) is 30.8. The summed E-state index contributed by atoms with van der Waals surface area (Å²) in [6, 6.07) is 27.7. The van der Waals surface area contributed by atoms with Crippen LogP contribution in [0.25, 0.3) is 11.1 Å². The Balaban J connectivity index is 1.52. The number of nitrogens with one attached hydrogen (secondary N) is 2. The molecule has 8 nitrogen and oxygen atoms in total. The number of carbonyl (C=O) groups excluding carboxylic acids is 2. The highest BCUT2D eigenvalue weighted by atomic mass is 19.4. The van der Waals surface area contributed by atoms with Crippen molar-refractivity contribution in [1.82, 2.24) is 5.32 Å². The summed E-state index contributed by atoms with van der Waals surface area (Å²) in [4.78, 5) is 36.3. The van der Waals surface area contributed by atoms with Crippen molar-refractivity contribution in [2.45, 2.75) is 24.9 Å². The van der Waals surface area contributed by atoms with Crippen LogP contribution in [0.5, 0.6) is 5.75 Å². The smallest absolute Gasteiger partial charge is 0.479 e. The zero-order valence-corrected chi connectivity index (χ0v) is 22.5. The number of alkyl halides is 3. The summed E-state index contributed by atoms with van der Waals surface area (Å²) in [6.45, 7) is -0.458. The lowest BCUT2D eigenvalue weighted by Gasteiger charge is -2.21. The number of carbonyl (C=O) groups is 3. The third-order valence-electron chi connectivity index (χ3n) is 6.45. The fourth-order valence-corrected chi connectivity index (χ4v) is 4.23. The number of aliphatic carboxylic acids is 1. The van der Waals surface area contributed by atoms with Gasteiger partial charge in [-0.15, -0.1) is 13.2 Å². The number of Topliss-reactive ketones (excluding diaryl/α,β-unsaturated/α-hetero) is 1. The van der Waals surface area contributed by atoms with E-state index < -0.39 is 42.7 Å². The molecule has 1 amide bonds. The second kappa shape index (κ2) is 13.7. The van der Waals surface area contributed by atoms with Gasteiger partial charge in [-0.2, -0.15) is 0 Å². The van der Waals surface area contributed by atoms with Gasteiger partial charge in [0.25, 0.3) is 5.91 Å². The van der Waals surface area contributed by atoms with Gasteiger partial charge in [0.15, 0.2) is 11.9 Å². The van der Waals surface area contributed by atoms with Crippen molar-refractivity contribution in [2.75, 3.05) is 11.9 Å². The molecule has 11 heteroatoms. The maximum absolute atomic E-state index is 13.2. The van der Waals surface area contributed by atoms with E-state index in [4.69, 9.17) is 5.11 Å². The molecule has 2 atom stereocenters. The minimum atomic E-state index is -4.84. The zero-order valence-electron chi connectivity index (χ0n) is 22.5. The largest absolute Gasteiger partial charge is 0.573 e. The van der Waals surface area contributed by atoms with Gasteiger partial charge in [0.2, 0.25) is 0 Å². The maximum atomic E-state index is 13.2. The lowest BCUT2D eigenvalue weighted by Crippen LogP contribution is -2.36. The number of carboxylic acid groups (broad SMARTS) is 1. The molecule has 0 aromatic heterocycles. The molecule has 0 aliphatic rings. The highest BCUT2D eigenvalue weighted by Gasteiger charge is 2.31. The third-order valence-corrected chi connectivity index (χ3v) is 6.45. The predicted octanol–water partition coefficient (Wildman–Crippen LogP) is 5.85. The fourth-order valence-electron chi connectivity index (χ4n) is 4.23. The van der Waals surface area contributed by atoms with Gasteiger partial charge in [-0.05, 0) is 65.2 Å². The molecule has 43 heavy (non-hydrogen) atoms. The van der Waals surface area contributed by atoms with Gasteiger partial charge in [0.1, 0.15) is 5.75 Å². The Bertz CT molecular complexity index is 1540. The van der Waals surface area contributed by atoms with Gasteiger partial charge in [-0.25, -0.2) is 4.79 Å². The molecular formula is C32H27F3N2O6. The van der Waals surface area contributed by atoms with Gasteiger partial charge < -0.3 is 25.6 Å². The fraction of sp³-hybridized carbons (Fsp3) is 0.156. The zero-order chi connectivity index (χ0) is 31.0. The van der Waals surface area contributed by atoms with Crippen LogP contribution in [0.4, 0.5) is 18.9 Å². The summed E-state index contributed by atoms with van der Waals surface area (Å²) in [5.74, 6) is -2.79. The van der Waals surface area contributed by atoms with Crippen molar-refractivity contribution >= 4 is 23.3 Å². The number of hydrogen-bond donors (Lipinski definition) is 4. The second-order valence-corrected chi connectivity index (χ2v) is 9.53. The molecule has 0 aliphatic heterocycles. The standard InChI is InChI=1S/C32H27F3N2O6/c33-32(34,35)43-26-16-12-23(13-17-26)28(38)18-27(22-8-6-21(7-9-22)20-4-2-1-3-5-20)37-25-14-10-24(11-15-25)30(40)36-19-29(39)31(41)42/h1-17,27,29,37,39H,18-19H2,(H,36,40)(H,41,42). The highest BCUT2D eigenvalue weighted by molar-refractivity contribution is 5.97. The minimum Gasteiger partial charge on any atom is -0.479 e. The van der Waals surface area contributed by atoms with E-state index in [1.807, 2.05) is 54.6 Å². The lowest BCUT2D eigenvalue weighted by molar-refractivity contribution is -0.274. The first-order chi connectivity index (χ1) is 20.5. The number of rotatable bonds is 12. The van der Waals surface area contributed by atoms with E-state index in [0.717, 1.165) is 28.8 Å². The van der Waals surface area contributed by atoms with Gasteiger partial charge in [-0.3, -0.25) is 9.59 Å². The summed E-state index contributed by atoms with van der Waals surface area (Å²) in [7, 11) is 0. The number of aliphatic hydroxyl groups excluding tert-OH is 1. The van der Waals surface area contributed by atoms with Crippen LogP contribution in [-0.2, 0) is 4.79 Å². The van der Waals surface area contributed by atoms with Crippen LogP contribution in [0.2, 0.25) is 0 Å². The number of amides is 1. The average molecular weight is 593 g/mol. The molecule has 4 aromatic rings. The van der Waals surface area contributed by atoms with Gasteiger partial charge in [0, 0.05) is 23.2 Å². The molecule has 0 heterocycles. The van der Waals surface area contributed by atoms with E-state index in [9.17, 15) is 32.7 Å². The number of carboxylic acids is 1. The first-order valence-electron chi connectivity index (χ1n) is 13.1. The monoisotopic (exact) mass is 592 g/mol. The Morgan fingerprint density at radius 2 is 1.35 bits per heavy atom. The number of ketones is 1. The molecule has 0 aliphatic carbocycles. The molecule has 222 valence electrons. The molecule has 4 rings (SSSR count). The molecular weight excluding hydrogens is 565 g/mol.